The summed E-state index contributed by atoms with van der Waals surface area (Å²) in [5, 5.41) is 17.4. The zero-order valence-electron chi connectivity index (χ0n) is 14.7. The smallest absolute Gasteiger partial charge is 0.191 e. The Hall–Kier alpha value is -2.08. The fourth-order valence-corrected chi connectivity index (χ4v) is 3.45. The standard InChI is InChI=1S/C19H27FN4O/c1-2-21-19(24-12-14-4-3-5-18(14)25)22-9-8-13-11-23-17-7-6-15(20)10-16(13)17/h6-7,10-11,14,18,23,25H,2-5,8-9,12H2,1H3,(H2,21,22,24). The van der Waals surface area contributed by atoms with E-state index in [1.807, 2.05) is 13.1 Å². The molecular weight excluding hydrogens is 319 g/mol. The van der Waals surface area contributed by atoms with Crippen LogP contribution in [0.5, 0.6) is 0 Å². The quantitative estimate of drug-likeness (QED) is 0.480. The first-order valence-corrected chi connectivity index (χ1v) is 9.13. The SMILES string of the molecule is CCNC(=NCC1CCCC1O)NCCc1c[nH]c2ccc(F)cc12. The maximum atomic E-state index is 13.4. The van der Waals surface area contributed by atoms with Gasteiger partial charge in [0.1, 0.15) is 5.82 Å². The van der Waals surface area contributed by atoms with Gasteiger partial charge in [0.25, 0.3) is 0 Å². The van der Waals surface area contributed by atoms with Crippen molar-refractivity contribution in [3.63, 3.8) is 0 Å². The first-order chi connectivity index (χ1) is 12.2. The minimum atomic E-state index is -0.216. The molecule has 2 aromatic rings. The van der Waals surface area contributed by atoms with E-state index in [-0.39, 0.29) is 17.8 Å². The summed E-state index contributed by atoms with van der Waals surface area (Å²) in [7, 11) is 0. The fraction of sp³-hybridized carbons (Fsp3) is 0.526. The summed E-state index contributed by atoms with van der Waals surface area (Å²) in [4.78, 5) is 7.79. The van der Waals surface area contributed by atoms with Crippen LogP contribution in [0.1, 0.15) is 31.7 Å². The van der Waals surface area contributed by atoms with Crippen molar-refractivity contribution < 1.29 is 9.50 Å². The Morgan fingerprint density at radius 1 is 1.36 bits per heavy atom. The molecule has 1 aliphatic carbocycles. The third-order valence-corrected chi connectivity index (χ3v) is 4.86. The van der Waals surface area contributed by atoms with Crippen LogP contribution in [-0.2, 0) is 6.42 Å². The molecule has 6 heteroatoms. The number of guanidine groups is 1. The molecule has 0 bridgehead atoms. The largest absolute Gasteiger partial charge is 0.393 e. The van der Waals surface area contributed by atoms with Gasteiger partial charge in [-0.3, -0.25) is 4.99 Å². The second-order valence-corrected chi connectivity index (χ2v) is 6.66. The minimum Gasteiger partial charge on any atom is -0.393 e. The van der Waals surface area contributed by atoms with E-state index in [2.05, 4.69) is 20.6 Å². The van der Waals surface area contributed by atoms with Crippen LogP contribution in [0.2, 0.25) is 0 Å². The number of hydrogen-bond acceptors (Lipinski definition) is 2. The normalized spacial score (nSPS) is 21.0. The second-order valence-electron chi connectivity index (χ2n) is 6.66. The highest BCUT2D eigenvalue weighted by Gasteiger charge is 2.24. The topological polar surface area (TPSA) is 72.4 Å². The highest BCUT2D eigenvalue weighted by molar-refractivity contribution is 5.83. The number of rotatable bonds is 6. The number of nitrogens with zero attached hydrogens (tertiary/aromatic N) is 1. The summed E-state index contributed by atoms with van der Waals surface area (Å²) in [5.74, 6) is 0.825. The van der Waals surface area contributed by atoms with Gasteiger partial charge in [-0.05, 0) is 49.9 Å². The number of H-pyrrole nitrogens is 1. The zero-order valence-corrected chi connectivity index (χ0v) is 14.7. The Kier molecular flexibility index (Phi) is 5.91. The molecule has 1 aliphatic rings. The van der Waals surface area contributed by atoms with Gasteiger partial charge in [0.2, 0.25) is 0 Å². The monoisotopic (exact) mass is 346 g/mol. The van der Waals surface area contributed by atoms with E-state index in [0.717, 1.165) is 54.7 Å². The number of benzene rings is 1. The average molecular weight is 346 g/mol. The number of nitrogens with one attached hydrogen (secondary N) is 3. The summed E-state index contributed by atoms with van der Waals surface area (Å²) in [5.41, 5.74) is 2.04. The number of aliphatic imine (C=N–C) groups is 1. The van der Waals surface area contributed by atoms with Gasteiger partial charge in [0.05, 0.1) is 6.10 Å². The molecule has 1 heterocycles. The molecular formula is C19H27FN4O. The molecule has 3 rings (SSSR count). The van der Waals surface area contributed by atoms with Crippen molar-refractivity contribution in [1.29, 1.82) is 0 Å². The van der Waals surface area contributed by atoms with Crippen LogP contribution in [-0.4, -0.2) is 41.8 Å². The van der Waals surface area contributed by atoms with E-state index in [9.17, 15) is 9.50 Å². The average Bonchev–Trinajstić information content (AvgIpc) is 3.19. The first-order valence-electron chi connectivity index (χ1n) is 9.13. The number of aromatic amines is 1. The lowest BCUT2D eigenvalue weighted by Crippen LogP contribution is -2.38. The molecule has 2 unspecified atom stereocenters. The van der Waals surface area contributed by atoms with Crippen molar-refractivity contribution in [2.45, 2.75) is 38.7 Å². The Morgan fingerprint density at radius 3 is 3.00 bits per heavy atom. The highest BCUT2D eigenvalue weighted by atomic mass is 19.1. The molecule has 0 spiro atoms. The molecule has 25 heavy (non-hydrogen) atoms. The fourth-order valence-electron chi connectivity index (χ4n) is 3.45. The molecule has 4 N–H and O–H groups in total. The lowest BCUT2D eigenvalue weighted by atomic mass is 10.1. The molecule has 1 aromatic heterocycles. The van der Waals surface area contributed by atoms with Crippen molar-refractivity contribution in [3.05, 3.63) is 35.8 Å². The maximum Gasteiger partial charge on any atom is 0.191 e. The lowest BCUT2D eigenvalue weighted by Gasteiger charge is -2.14. The molecule has 0 saturated heterocycles. The van der Waals surface area contributed by atoms with E-state index < -0.39 is 0 Å². The van der Waals surface area contributed by atoms with Gasteiger partial charge >= 0.3 is 0 Å². The minimum absolute atomic E-state index is 0.215. The molecule has 1 saturated carbocycles. The Bertz CT molecular complexity index is 727. The Morgan fingerprint density at radius 2 is 2.24 bits per heavy atom. The predicted octanol–water partition coefficient (Wildman–Crippen LogP) is 2.57. The Labute approximate surface area is 147 Å². The zero-order chi connectivity index (χ0) is 17.6. The Balaban J connectivity index is 1.56. The van der Waals surface area contributed by atoms with Crippen LogP contribution in [0.25, 0.3) is 10.9 Å². The van der Waals surface area contributed by atoms with Gasteiger partial charge < -0.3 is 20.7 Å². The van der Waals surface area contributed by atoms with E-state index in [1.165, 1.54) is 6.07 Å². The van der Waals surface area contributed by atoms with Crippen LogP contribution in [0, 0.1) is 11.7 Å². The number of aliphatic hydroxyl groups is 1. The molecule has 0 radical (unpaired) electrons. The molecule has 0 amide bonds. The third kappa shape index (κ3) is 4.51. The summed E-state index contributed by atoms with van der Waals surface area (Å²) >= 11 is 0. The van der Waals surface area contributed by atoms with Crippen LogP contribution in [0.4, 0.5) is 4.39 Å². The van der Waals surface area contributed by atoms with Crippen LogP contribution >= 0.6 is 0 Å². The van der Waals surface area contributed by atoms with Gasteiger partial charge in [-0.15, -0.1) is 0 Å². The second kappa shape index (κ2) is 8.34. The van der Waals surface area contributed by atoms with Crippen LogP contribution in [0.15, 0.2) is 29.4 Å². The lowest BCUT2D eigenvalue weighted by molar-refractivity contribution is 0.136. The summed E-state index contributed by atoms with van der Waals surface area (Å²) in [6.45, 7) is 4.18. The van der Waals surface area contributed by atoms with Crippen molar-refractivity contribution >= 4 is 16.9 Å². The van der Waals surface area contributed by atoms with Crippen molar-refractivity contribution in [1.82, 2.24) is 15.6 Å². The maximum absolute atomic E-state index is 13.4. The van der Waals surface area contributed by atoms with E-state index >= 15 is 0 Å². The first kappa shape index (κ1) is 17.7. The van der Waals surface area contributed by atoms with Crippen molar-refractivity contribution in [2.24, 2.45) is 10.9 Å². The van der Waals surface area contributed by atoms with Gasteiger partial charge in [-0.1, -0.05) is 6.42 Å². The highest BCUT2D eigenvalue weighted by Crippen LogP contribution is 2.25. The number of hydrogen-bond donors (Lipinski definition) is 4. The number of halogens is 1. The summed E-state index contributed by atoms with van der Waals surface area (Å²) < 4.78 is 13.4. The van der Waals surface area contributed by atoms with E-state index in [4.69, 9.17) is 0 Å². The van der Waals surface area contributed by atoms with Gasteiger partial charge in [0, 0.05) is 42.7 Å². The van der Waals surface area contributed by atoms with Crippen molar-refractivity contribution in [2.75, 3.05) is 19.6 Å². The van der Waals surface area contributed by atoms with Gasteiger partial charge in [0.15, 0.2) is 5.96 Å². The summed E-state index contributed by atoms with van der Waals surface area (Å²) in [6.07, 6.45) is 5.52. The number of aliphatic hydroxyl groups excluding tert-OH is 1. The van der Waals surface area contributed by atoms with Gasteiger partial charge in [-0.2, -0.15) is 0 Å². The number of fused-ring (bicyclic) bond motifs is 1. The van der Waals surface area contributed by atoms with E-state index in [0.29, 0.717) is 13.1 Å². The van der Waals surface area contributed by atoms with Gasteiger partial charge in [-0.25, -0.2) is 4.39 Å². The third-order valence-electron chi connectivity index (χ3n) is 4.86. The summed E-state index contributed by atoms with van der Waals surface area (Å²) in [6, 6.07) is 4.80. The molecule has 1 fully saturated rings. The van der Waals surface area contributed by atoms with Crippen LogP contribution in [0.3, 0.4) is 0 Å². The van der Waals surface area contributed by atoms with Crippen LogP contribution < -0.4 is 10.6 Å². The molecule has 0 aliphatic heterocycles. The predicted molar refractivity (Wildman–Crippen MR) is 99.3 cm³/mol. The molecule has 1 aromatic carbocycles. The number of aromatic nitrogens is 1. The van der Waals surface area contributed by atoms with E-state index in [1.54, 1.807) is 12.1 Å². The molecule has 5 nitrogen and oxygen atoms in total. The molecule has 2 atom stereocenters. The van der Waals surface area contributed by atoms with Crippen molar-refractivity contribution in [3.8, 4) is 0 Å². The molecule has 136 valence electrons.